The third-order valence-electron chi connectivity index (χ3n) is 4.96. The second kappa shape index (κ2) is 9.23. The van der Waals surface area contributed by atoms with Crippen LogP contribution in [0.1, 0.15) is 5.56 Å². The average Bonchev–Trinajstić information content (AvgIpc) is 3.11. The third-order valence-corrected chi connectivity index (χ3v) is 5.90. The quantitative estimate of drug-likeness (QED) is 0.296. The molecular weight excluding hydrogens is 455 g/mol. The molecular formula is C24H19Cl3N2O2. The SMILES string of the molecule is COc1ccc(-c2nn(Cc3ccc(Cl)cc3Cl)c(-c3ccc(OC)cc3)c2Cl)cc1. The zero-order valence-electron chi connectivity index (χ0n) is 16.9. The first kappa shape index (κ1) is 21.6. The second-order valence-electron chi connectivity index (χ2n) is 6.86. The summed E-state index contributed by atoms with van der Waals surface area (Å²) in [6.45, 7) is 0.438. The molecule has 1 aromatic heterocycles. The smallest absolute Gasteiger partial charge is 0.118 e. The van der Waals surface area contributed by atoms with Gasteiger partial charge in [0, 0.05) is 21.2 Å². The average molecular weight is 474 g/mol. The van der Waals surface area contributed by atoms with Crippen molar-refractivity contribution in [2.45, 2.75) is 6.54 Å². The van der Waals surface area contributed by atoms with E-state index in [9.17, 15) is 0 Å². The predicted octanol–water partition coefficient (Wildman–Crippen LogP) is 7.24. The molecule has 0 atom stereocenters. The van der Waals surface area contributed by atoms with Gasteiger partial charge in [-0.15, -0.1) is 0 Å². The van der Waals surface area contributed by atoms with Crippen LogP contribution >= 0.6 is 34.8 Å². The van der Waals surface area contributed by atoms with Gasteiger partial charge in [-0.25, -0.2) is 0 Å². The molecule has 0 aliphatic carbocycles. The number of nitrogens with zero attached hydrogens (tertiary/aromatic N) is 2. The molecule has 0 N–H and O–H groups in total. The maximum atomic E-state index is 6.88. The van der Waals surface area contributed by atoms with Crippen molar-refractivity contribution in [3.63, 3.8) is 0 Å². The van der Waals surface area contributed by atoms with E-state index in [-0.39, 0.29) is 0 Å². The van der Waals surface area contributed by atoms with Gasteiger partial charge in [-0.05, 0) is 66.2 Å². The van der Waals surface area contributed by atoms with E-state index in [1.165, 1.54) is 0 Å². The van der Waals surface area contributed by atoms with Crippen molar-refractivity contribution in [2.24, 2.45) is 0 Å². The highest BCUT2D eigenvalue weighted by Gasteiger charge is 2.20. The van der Waals surface area contributed by atoms with Crippen molar-refractivity contribution in [1.29, 1.82) is 0 Å². The van der Waals surface area contributed by atoms with Crippen LogP contribution in [0.4, 0.5) is 0 Å². The van der Waals surface area contributed by atoms with Gasteiger partial charge >= 0.3 is 0 Å². The second-order valence-corrected chi connectivity index (χ2v) is 8.08. The summed E-state index contributed by atoms with van der Waals surface area (Å²) in [7, 11) is 3.27. The summed E-state index contributed by atoms with van der Waals surface area (Å²) in [6, 6.07) is 20.8. The van der Waals surface area contributed by atoms with Crippen LogP contribution < -0.4 is 9.47 Å². The molecule has 0 bridgehead atoms. The summed E-state index contributed by atoms with van der Waals surface area (Å²) in [5, 5.41) is 6.55. The van der Waals surface area contributed by atoms with Crippen molar-refractivity contribution in [3.8, 4) is 34.0 Å². The van der Waals surface area contributed by atoms with E-state index in [2.05, 4.69) is 0 Å². The number of hydrogen-bond acceptors (Lipinski definition) is 3. The lowest BCUT2D eigenvalue weighted by atomic mass is 10.1. The molecule has 1 heterocycles. The summed E-state index contributed by atoms with van der Waals surface area (Å²) < 4.78 is 12.4. The standard InChI is InChI=1S/C24H19Cl3N2O2/c1-30-19-9-4-15(5-10-19)23-22(27)24(16-6-11-20(31-2)12-7-16)29(28-23)14-17-3-8-18(25)13-21(17)26/h3-13H,14H2,1-2H3. The Kier molecular flexibility index (Phi) is 6.42. The zero-order chi connectivity index (χ0) is 22.0. The summed E-state index contributed by atoms with van der Waals surface area (Å²) in [6.07, 6.45) is 0. The molecule has 0 saturated carbocycles. The van der Waals surface area contributed by atoms with Gasteiger partial charge in [-0.3, -0.25) is 4.68 Å². The lowest BCUT2D eigenvalue weighted by molar-refractivity contribution is 0.414. The van der Waals surface area contributed by atoms with Crippen LogP contribution in [0.5, 0.6) is 11.5 Å². The Labute approximate surface area is 195 Å². The first-order chi connectivity index (χ1) is 15.0. The van der Waals surface area contributed by atoms with Gasteiger partial charge in [-0.2, -0.15) is 5.10 Å². The molecule has 0 amide bonds. The predicted molar refractivity (Wildman–Crippen MR) is 127 cm³/mol. The Bertz CT molecular complexity index is 1200. The van der Waals surface area contributed by atoms with E-state index in [4.69, 9.17) is 49.4 Å². The van der Waals surface area contributed by atoms with E-state index in [0.29, 0.717) is 27.3 Å². The number of halogens is 3. The molecule has 0 unspecified atom stereocenters. The third kappa shape index (κ3) is 4.52. The summed E-state index contributed by atoms with van der Waals surface area (Å²) in [5.74, 6) is 1.53. The molecule has 3 aromatic carbocycles. The van der Waals surface area contributed by atoms with Crippen molar-refractivity contribution >= 4 is 34.8 Å². The van der Waals surface area contributed by atoms with E-state index in [1.807, 2.05) is 65.3 Å². The topological polar surface area (TPSA) is 36.3 Å². The molecule has 0 aliphatic heterocycles. The van der Waals surface area contributed by atoms with E-state index < -0.39 is 0 Å². The largest absolute Gasteiger partial charge is 0.497 e. The minimum atomic E-state index is 0.438. The Hall–Kier alpha value is -2.66. The van der Waals surface area contributed by atoms with E-state index in [1.54, 1.807) is 20.3 Å². The van der Waals surface area contributed by atoms with Gasteiger partial charge in [0.2, 0.25) is 0 Å². The van der Waals surface area contributed by atoms with Crippen LogP contribution in [-0.4, -0.2) is 24.0 Å². The fraction of sp³-hybridized carbons (Fsp3) is 0.125. The van der Waals surface area contributed by atoms with Crippen LogP contribution in [0.2, 0.25) is 15.1 Å². The van der Waals surface area contributed by atoms with Crippen molar-refractivity contribution in [2.75, 3.05) is 14.2 Å². The van der Waals surface area contributed by atoms with Crippen LogP contribution in [-0.2, 0) is 6.54 Å². The Balaban J connectivity index is 1.84. The van der Waals surface area contributed by atoms with Gasteiger partial charge in [0.05, 0.1) is 31.5 Å². The number of hydrogen-bond donors (Lipinski definition) is 0. The monoisotopic (exact) mass is 472 g/mol. The number of rotatable bonds is 6. The molecule has 158 valence electrons. The molecule has 0 fully saturated rings. The van der Waals surface area contributed by atoms with Gasteiger partial charge in [0.1, 0.15) is 17.2 Å². The minimum Gasteiger partial charge on any atom is -0.497 e. The zero-order valence-corrected chi connectivity index (χ0v) is 19.2. The van der Waals surface area contributed by atoms with Crippen LogP contribution in [0, 0.1) is 0 Å². The van der Waals surface area contributed by atoms with Gasteiger partial charge in [0.25, 0.3) is 0 Å². The van der Waals surface area contributed by atoms with Crippen molar-refractivity contribution in [3.05, 3.63) is 87.4 Å². The minimum absolute atomic E-state index is 0.438. The molecule has 4 nitrogen and oxygen atoms in total. The highest BCUT2D eigenvalue weighted by Crippen LogP contribution is 2.38. The summed E-state index contributed by atoms with van der Waals surface area (Å²) in [5.41, 5.74) is 4.17. The fourth-order valence-electron chi connectivity index (χ4n) is 3.32. The lowest BCUT2D eigenvalue weighted by Crippen LogP contribution is -2.04. The van der Waals surface area contributed by atoms with Crippen LogP contribution in [0.3, 0.4) is 0 Å². The van der Waals surface area contributed by atoms with Gasteiger partial charge in [-0.1, -0.05) is 40.9 Å². The maximum Gasteiger partial charge on any atom is 0.118 e. The Morgan fingerprint density at radius 2 is 1.35 bits per heavy atom. The molecule has 0 spiro atoms. The van der Waals surface area contributed by atoms with Crippen molar-refractivity contribution in [1.82, 2.24) is 9.78 Å². The van der Waals surface area contributed by atoms with Crippen LogP contribution in [0.15, 0.2) is 66.7 Å². The molecule has 0 aliphatic rings. The van der Waals surface area contributed by atoms with Gasteiger partial charge < -0.3 is 9.47 Å². The Morgan fingerprint density at radius 1 is 0.774 bits per heavy atom. The maximum absolute atomic E-state index is 6.88. The Morgan fingerprint density at radius 3 is 1.90 bits per heavy atom. The first-order valence-corrected chi connectivity index (χ1v) is 10.6. The molecule has 31 heavy (non-hydrogen) atoms. The molecule has 0 saturated heterocycles. The number of aromatic nitrogens is 2. The normalized spacial score (nSPS) is 10.9. The molecule has 7 heteroatoms. The van der Waals surface area contributed by atoms with Crippen LogP contribution in [0.25, 0.3) is 22.5 Å². The number of benzene rings is 3. The highest BCUT2D eigenvalue weighted by molar-refractivity contribution is 6.36. The van der Waals surface area contributed by atoms with Crippen molar-refractivity contribution < 1.29 is 9.47 Å². The van der Waals surface area contributed by atoms with E-state index in [0.717, 1.165) is 33.9 Å². The molecule has 4 rings (SSSR count). The van der Waals surface area contributed by atoms with Gasteiger partial charge in [0.15, 0.2) is 0 Å². The highest BCUT2D eigenvalue weighted by atomic mass is 35.5. The van der Waals surface area contributed by atoms with E-state index >= 15 is 0 Å². The molecule has 0 radical (unpaired) electrons. The number of ether oxygens (including phenoxy) is 2. The summed E-state index contributed by atoms with van der Waals surface area (Å²) >= 11 is 19.4. The number of methoxy groups -OCH3 is 2. The summed E-state index contributed by atoms with van der Waals surface area (Å²) in [4.78, 5) is 0. The first-order valence-electron chi connectivity index (χ1n) is 9.49. The molecule has 4 aromatic rings. The lowest BCUT2D eigenvalue weighted by Gasteiger charge is -2.10. The fourth-order valence-corrected chi connectivity index (χ4v) is 4.15.